The van der Waals surface area contributed by atoms with Crippen LogP contribution in [0.15, 0.2) is 36.7 Å². The number of carbonyl (C=O) groups is 1. The summed E-state index contributed by atoms with van der Waals surface area (Å²) in [6.07, 6.45) is 3.09. The molecule has 6 heteroatoms. The normalized spacial score (nSPS) is 10.1. The van der Waals surface area contributed by atoms with Gasteiger partial charge in [0.05, 0.1) is 5.56 Å². The van der Waals surface area contributed by atoms with Crippen molar-refractivity contribution in [3.63, 3.8) is 0 Å². The number of hydrogen-bond donors (Lipinski definition) is 1. The van der Waals surface area contributed by atoms with Crippen LogP contribution in [-0.4, -0.2) is 15.9 Å². The first kappa shape index (κ1) is 12.0. The fourth-order valence-electron chi connectivity index (χ4n) is 1.33. The van der Waals surface area contributed by atoms with Crippen LogP contribution in [0.25, 0.3) is 0 Å². The lowest BCUT2D eigenvalue weighted by atomic mass is 10.2. The van der Waals surface area contributed by atoms with E-state index in [1.54, 1.807) is 18.5 Å². The molecule has 0 radical (unpaired) electrons. The first-order valence-corrected chi connectivity index (χ1v) is 5.15. The number of ether oxygens (including phenoxy) is 1. The third kappa shape index (κ3) is 2.79. The number of nitrogens with two attached hydrogens (primary N) is 1. The van der Waals surface area contributed by atoms with Crippen LogP contribution >= 0.6 is 0 Å². The Bertz CT molecular complexity index is 561. The number of carbonyl (C=O) groups excluding carboxylic acids is 1. The minimum absolute atomic E-state index is 0.0361. The number of rotatable bonds is 3. The van der Waals surface area contributed by atoms with Crippen LogP contribution in [0.4, 0.5) is 10.1 Å². The molecular formula is C12H10FN3O2. The van der Waals surface area contributed by atoms with Gasteiger partial charge in [0, 0.05) is 18.1 Å². The molecule has 5 nitrogen and oxygen atoms in total. The van der Waals surface area contributed by atoms with Crippen molar-refractivity contribution < 1.29 is 13.9 Å². The van der Waals surface area contributed by atoms with Crippen molar-refractivity contribution in [1.82, 2.24) is 9.97 Å². The average Bonchev–Trinajstić information content (AvgIpc) is 2.37. The van der Waals surface area contributed by atoms with Gasteiger partial charge in [0.25, 0.3) is 0 Å². The number of nitrogens with zero attached hydrogens (tertiary/aromatic N) is 2. The Hall–Kier alpha value is -2.50. The second-order valence-electron chi connectivity index (χ2n) is 3.47. The molecule has 0 aliphatic rings. The monoisotopic (exact) mass is 247 g/mol. The first-order chi connectivity index (χ1) is 8.66. The van der Waals surface area contributed by atoms with Gasteiger partial charge in [0.15, 0.2) is 12.4 Å². The lowest BCUT2D eigenvalue weighted by Gasteiger charge is -2.06. The molecule has 92 valence electrons. The zero-order chi connectivity index (χ0) is 13.0. The lowest BCUT2D eigenvalue weighted by Crippen LogP contribution is -2.09. The number of esters is 1. The van der Waals surface area contributed by atoms with Gasteiger partial charge >= 0.3 is 5.97 Å². The number of nitrogen functional groups attached to an aromatic ring is 1. The molecule has 0 aliphatic carbocycles. The van der Waals surface area contributed by atoms with E-state index in [0.29, 0.717) is 5.82 Å². The lowest BCUT2D eigenvalue weighted by molar-refractivity contribution is 0.0463. The third-order valence-corrected chi connectivity index (χ3v) is 2.19. The summed E-state index contributed by atoms with van der Waals surface area (Å²) in [7, 11) is 0. The largest absolute Gasteiger partial charge is 0.454 e. The van der Waals surface area contributed by atoms with Gasteiger partial charge in [-0.05, 0) is 24.3 Å². The maximum absolute atomic E-state index is 12.8. The third-order valence-electron chi connectivity index (χ3n) is 2.19. The van der Waals surface area contributed by atoms with E-state index in [1.807, 2.05) is 0 Å². The number of anilines is 1. The van der Waals surface area contributed by atoms with E-state index in [0.717, 1.165) is 12.1 Å². The maximum Gasteiger partial charge on any atom is 0.340 e. The Morgan fingerprint density at radius 1 is 1.33 bits per heavy atom. The van der Waals surface area contributed by atoms with E-state index in [1.165, 1.54) is 6.07 Å². The summed E-state index contributed by atoms with van der Waals surface area (Å²) in [5.41, 5.74) is 5.67. The van der Waals surface area contributed by atoms with Gasteiger partial charge in [-0.15, -0.1) is 0 Å². The Labute approximate surface area is 102 Å². The van der Waals surface area contributed by atoms with Gasteiger partial charge < -0.3 is 10.5 Å². The van der Waals surface area contributed by atoms with Gasteiger partial charge in [-0.2, -0.15) is 0 Å². The Morgan fingerprint density at radius 3 is 2.72 bits per heavy atom. The Morgan fingerprint density at radius 2 is 2.06 bits per heavy atom. The summed E-state index contributed by atoms with van der Waals surface area (Å²) in [6, 6.07) is 5.14. The molecular weight excluding hydrogens is 237 g/mol. The van der Waals surface area contributed by atoms with Gasteiger partial charge in [0.1, 0.15) is 5.82 Å². The summed E-state index contributed by atoms with van der Waals surface area (Å²) in [4.78, 5) is 19.5. The number of hydrogen-bond acceptors (Lipinski definition) is 5. The highest BCUT2D eigenvalue weighted by molar-refractivity contribution is 5.94. The summed E-state index contributed by atoms with van der Waals surface area (Å²) in [6.45, 7) is -0.0590. The molecule has 2 rings (SSSR count). The summed E-state index contributed by atoms with van der Waals surface area (Å²) < 4.78 is 17.8. The topological polar surface area (TPSA) is 78.1 Å². The molecule has 0 fully saturated rings. The van der Waals surface area contributed by atoms with Crippen LogP contribution in [-0.2, 0) is 11.3 Å². The minimum Gasteiger partial charge on any atom is -0.454 e. The van der Waals surface area contributed by atoms with Crippen LogP contribution in [0.3, 0.4) is 0 Å². The second-order valence-corrected chi connectivity index (χ2v) is 3.47. The number of aromatic nitrogens is 2. The Balaban J connectivity index is 2.04. The highest BCUT2D eigenvalue weighted by Crippen LogP contribution is 2.14. The molecule has 0 bridgehead atoms. The molecule has 0 saturated heterocycles. The molecule has 0 aliphatic heterocycles. The van der Waals surface area contributed by atoms with Crippen molar-refractivity contribution in [2.24, 2.45) is 0 Å². The predicted molar refractivity (Wildman–Crippen MR) is 62.0 cm³/mol. The van der Waals surface area contributed by atoms with Crippen molar-refractivity contribution in [3.8, 4) is 0 Å². The average molecular weight is 247 g/mol. The van der Waals surface area contributed by atoms with Gasteiger partial charge in [-0.1, -0.05) is 0 Å². The molecule has 0 spiro atoms. The van der Waals surface area contributed by atoms with Crippen molar-refractivity contribution in [2.75, 3.05) is 5.73 Å². The molecule has 2 aromatic rings. The van der Waals surface area contributed by atoms with Crippen molar-refractivity contribution in [1.29, 1.82) is 0 Å². The van der Waals surface area contributed by atoms with Crippen molar-refractivity contribution in [3.05, 3.63) is 53.9 Å². The van der Waals surface area contributed by atoms with Crippen LogP contribution in [0, 0.1) is 5.82 Å². The molecule has 1 aromatic heterocycles. The van der Waals surface area contributed by atoms with E-state index in [2.05, 4.69) is 9.97 Å². The van der Waals surface area contributed by atoms with Crippen LogP contribution in [0.1, 0.15) is 16.2 Å². The second kappa shape index (κ2) is 5.22. The van der Waals surface area contributed by atoms with Crippen LogP contribution < -0.4 is 5.73 Å². The van der Waals surface area contributed by atoms with E-state index in [-0.39, 0.29) is 17.9 Å². The fourth-order valence-corrected chi connectivity index (χ4v) is 1.33. The molecule has 0 unspecified atom stereocenters. The molecule has 0 atom stereocenters. The van der Waals surface area contributed by atoms with Crippen LogP contribution in [0.2, 0.25) is 0 Å². The Kier molecular flexibility index (Phi) is 3.47. The first-order valence-electron chi connectivity index (χ1n) is 5.15. The summed E-state index contributed by atoms with van der Waals surface area (Å²) in [5.74, 6) is -0.762. The maximum atomic E-state index is 12.8. The minimum atomic E-state index is -0.639. The van der Waals surface area contributed by atoms with Gasteiger partial charge in [-0.25, -0.2) is 19.2 Å². The number of halogens is 1. The van der Waals surface area contributed by atoms with E-state index in [4.69, 9.17) is 10.5 Å². The smallest absolute Gasteiger partial charge is 0.340 e. The molecule has 1 heterocycles. The molecule has 1 aromatic carbocycles. The van der Waals surface area contributed by atoms with Crippen molar-refractivity contribution in [2.45, 2.75) is 6.61 Å². The van der Waals surface area contributed by atoms with E-state index < -0.39 is 11.8 Å². The molecule has 18 heavy (non-hydrogen) atoms. The summed E-state index contributed by atoms with van der Waals surface area (Å²) in [5, 5.41) is 0. The fraction of sp³-hybridized carbons (Fsp3) is 0.0833. The number of benzene rings is 1. The zero-order valence-electron chi connectivity index (χ0n) is 9.34. The van der Waals surface area contributed by atoms with E-state index >= 15 is 0 Å². The standard InChI is InChI=1S/C12H10FN3O2/c13-8-2-3-9(10(14)6-8)12(17)18-7-11-15-4-1-5-16-11/h1-6H,7,14H2. The molecule has 0 saturated carbocycles. The van der Waals surface area contributed by atoms with Crippen LogP contribution in [0.5, 0.6) is 0 Å². The van der Waals surface area contributed by atoms with Crippen molar-refractivity contribution >= 4 is 11.7 Å². The van der Waals surface area contributed by atoms with Gasteiger partial charge in [0.2, 0.25) is 0 Å². The zero-order valence-corrected chi connectivity index (χ0v) is 9.34. The molecule has 2 N–H and O–H groups in total. The van der Waals surface area contributed by atoms with E-state index in [9.17, 15) is 9.18 Å². The molecule has 0 amide bonds. The highest BCUT2D eigenvalue weighted by atomic mass is 19.1. The SMILES string of the molecule is Nc1cc(F)ccc1C(=O)OCc1ncccn1. The highest BCUT2D eigenvalue weighted by Gasteiger charge is 2.12. The van der Waals surface area contributed by atoms with Gasteiger partial charge in [-0.3, -0.25) is 0 Å². The quantitative estimate of drug-likeness (QED) is 0.657. The predicted octanol–water partition coefficient (Wildman–Crippen LogP) is 1.55. The summed E-state index contributed by atoms with van der Waals surface area (Å²) >= 11 is 0.